The SMILES string of the molecule is OCCC1CC(C2CCCC2)CCN1. The molecule has 2 rings (SSSR count). The minimum Gasteiger partial charge on any atom is -0.396 e. The highest BCUT2D eigenvalue weighted by Gasteiger charge is 2.29. The molecule has 2 fully saturated rings. The Labute approximate surface area is 87.1 Å². The van der Waals surface area contributed by atoms with Crippen molar-refractivity contribution in [3.8, 4) is 0 Å². The molecule has 0 aromatic carbocycles. The molecule has 2 N–H and O–H groups in total. The van der Waals surface area contributed by atoms with Crippen molar-refractivity contribution in [1.82, 2.24) is 5.32 Å². The van der Waals surface area contributed by atoms with Crippen molar-refractivity contribution in [2.45, 2.75) is 51.0 Å². The van der Waals surface area contributed by atoms with Crippen LogP contribution in [0.1, 0.15) is 44.9 Å². The van der Waals surface area contributed by atoms with Crippen LogP contribution < -0.4 is 5.32 Å². The third-order valence-electron chi connectivity index (χ3n) is 4.08. The Morgan fingerprint density at radius 3 is 2.57 bits per heavy atom. The molecule has 2 unspecified atom stereocenters. The molecule has 1 heterocycles. The third kappa shape index (κ3) is 2.48. The lowest BCUT2D eigenvalue weighted by Gasteiger charge is -2.33. The first kappa shape index (κ1) is 10.4. The van der Waals surface area contributed by atoms with Crippen LogP contribution in [0.25, 0.3) is 0 Å². The Balaban J connectivity index is 1.80. The fraction of sp³-hybridized carbons (Fsp3) is 1.00. The van der Waals surface area contributed by atoms with Gasteiger partial charge in [-0.3, -0.25) is 0 Å². The second-order valence-corrected chi connectivity index (χ2v) is 4.99. The highest BCUT2D eigenvalue weighted by molar-refractivity contribution is 4.84. The van der Waals surface area contributed by atoms with E-state index in [0.717, 1.165) is 18.3 Å². The van der Waals surface area contributed by atoms with Gasteiger partial charge >= 0.3 is 0 Å². The van der Waals surface area contributed by atoms with E-state index in [1.165, 1.54) is 45.1 Å². The van der Waals surface area contributed by atoms with Crippen molar-refractivity contribution in [1.29, 1.82) is 0 Å². The van der Waals surface area contributed by atoms with Gasteiger partial charge in [0.1, 0.15) is 0 Å². The summed E-state index contributed by atoms with van der Waals surface area (Å²) in [5.74, 6) is 1.97. The molecule has 14 heavy (non-hydrogen) atoms. The van der Waals surface area contributed by atoms with Gasteiger partial charge in [0.2, 0.25) is 0 Å². The van der Waals surface area contributed by atoms with E-state index < -0.39 is 0 Å². The maximum atomic E-state index is 8.93. The predicted molar refractivity (Wildman–Crippen MR) is 58.2 cm³/mol. The molecule has 2 atom stereocenters. The summed E-state index contributed by atoms with van der Waals surface area (Å²) in [6.45, 7) is 1.51. The number of hydrogen-bond acceptors (Lipinski definition) is 2. The molecule has 1 aliphatic carbocycles. The molecule has 1 saturated carbocycles. The first-order chi connectivity index (χ1) is 6.90. The Morgan fingerprint density at radius 1 is 1.07 bits per heavy atom. The lowest BCUT2D eigenvalue weighted by Crippen LogP contribution is -2.40. The molecule has 2 heteroatoms. The summed E-state index contributed by atoms with van der Waals surface area (Å²) in [6, 6.07) is 0.597. The van der Waals surface area contributed by atoms with E-state index >= 15 is 0 Å². The highest BCUT2D eigenvalue weighted by atomic mass is 16.3. The Morgan fingerprint density at radius 2 is 1.86 bits per heavy atom. The second-order valence-electron chi connectivity index (χ2n) is 4.99. The van der Waals surface area contributed by atoms with Gasteiger partial charge in [-0.15, -0.1) is 0 Å². The van der Waals surface area contributed by atoms with E-state index in [2.05, 4.69) is 5.32 Å². The molecule has 0 radical (unpaired) electrons. The van der Waals surface area contributed by atoms with Gasteiger partial charge in [0.05, 0.1) is 0 Å². The molecular formula is C12H23NO. The van der Waals surface area contributed by atoms with Gasteiger partial charge in [0.25, 0.3) is 0 Å². The second kappa shape index (κ2) is 5.13. The fourth-order valence-electron chi connectivity index (χ4n) is 3.27. The highest BCUT2D eigenvalue weighted by Crippen LogP contribution is 2.36. The van der Waals surface area contributed by atoms with Gasteiger partial charge in [-0.1, -0.05) is 25.7 Å². The van der Waals surface area contributed by atoms with E-state index in [1.54, 1.807) is 0 Å². The molecule has 82 valence electrons. The van der Waals surface area contributed by atoms with E-state index in [0.29, 0.717) is 12.6 Å². The molecule has 1 aliphatic heterocycles. The zero-order valence-electron chi connectivity index (χ0n) is 9.04. The molecule has 2 aliphatic rings. The van der Waals surface area contributed by atoms with Gasteiger partial charge in [0.15, 0.2) is 0 Å². The summed E-state index contributed by atoms with van der Waals surface area (Å²) in [7, 11) is 0. The Hall–Kier alpha value is -0.0800. The first-order valence-corrected chi connectivity index (χ1v) is 6.24. The van der Waals surface area contributed by atoms with Crippen LogP contribution in [0.2, 0.25) is 0 Å². The number of aliphatic hydroxyl groups is 1. The quantitative estimate of drug-likeness (QED) is 0.724. The molecule has 2 nitrogen and oxygen atoms in total. The number of nitrogens with one attached hydrogen (secondary N) is 1. The molecule has 0 aromatic rings. The minimum atomic E-state index is 0.342. The zero-order valence-corrected chi connectivity index (χ0v) is 9.04. The maximum absolute atomic E-state index is 8.93. The van der Waals surface area contributed by atoms with Crippen LogP contribution in [0.15, 0.2) is 0 Å². The average molecular weight is 197 g/mol. The van der Waals surface area contributed by atoms with Gasteiger partial charge in [-0.2, -0.15) is 0 Å². The van der Waals surface area contributed by atoms with Gasteiger partial charge < -0.3 is 10.4 Å². The van der Waals surface area contributed by atoms with E-state index in [9.17, 15) is 0 Å². The van der Waals surface area contributed by atoms with Gasteiger partial charge in [0, 0.05) is 12.6 Å². The van der Waals surface area contributed by atoms with Gasteiger partial charge in [-0.05, 0) is 37.6 Å². The summed E-state index contributed by atoms with van der Waals surface area (Å²) < 4.78 is 0. The minimum absolute atomic E-state index is 0.342. The fourth-order valence-corrected chi connectivity index (χ4v) is 3.27. The molecule has 0 bridgehead atoms. The van der Waals surface area contributed by atoms with Gasteiger partial charge in [-0.25, -0.2) is 0 Å². The molecule has 0 aromatic heterocycles. The van der Waals surface area contributed by atoms with Crippen molar-refractivity contribution in [3.05, 3.63) is 0 Å². The van der Waals surface area contributed by atoms with Crippen molar-refractivity contribution in [2.75, 3.05) is 13.2 Å². The smallest absolute Gasteiger partial charge is 0.0445 e. The first-order valence-electron chi connectivity index (χ1n) is 6.24. The topological polar surface area (TPSA) is 32.3 Å². The van der Waals surface area contributed by atoms with Crippen LogP contribution in [-0.2, 0) is 0 Å². The van der Waals surface area contributed by atoms with E-state index in [4.69, 9.17) is 5.11 Å². The normalized spacial score (nSPS) is 34.9. The molecule has 0 amide bonds. The van der Waals surface area contributed by atoms with Crippen LogP contribution in [0, 0.1) is 11.8 Å². The summed E-state index contributed by atoms with van der Waals surface area (Å²) in [5, 5.41) is 12.4. The number of rotatable bonds is 3. The number of aliphatic hydroxyl groups excluding tert-OH is 1. The van der Waals surface area contributed by atoms with Crippen LogP contribution in [-0.4, -0.2) is 24.3 Å². The number of hydrogen-bond donors (Lipinski definition) is 2. The lowest BCUT2D eigenvalue weighted by molar-refractivity contribution is 0.189. The summed E-state index contributed by atoms with van der Waals surface area (Å²) in [4.78, 5) is 0. The molecule has 0 spiro atoms. The molecule has 1 saturated heterocycles. The maximum Gasteiger partial charge on any atom is 0.0445 e. The van der Waals surface area contributed by atoms with Crippen LogP contribution >= 0.6 is 0 Å². The monoisotopic (exact) mass is 197 g/mol. The lowest BCUT2D eigenvalue weighted by atomic mass is 9.80. The zero-order chi connectivity index (χ0) is 9.80. The third-order valence-corrected chi connectivity index (χ3v) is 4.08. The van der Waals surface area contributed by atoms with Crippen molar-refractivity contribution in [2.24, 2.45) is 11.8 Å². The Kier molecular flexibility index (Phi) is 3.82. The Bertz CT molecular complexity index is 164. The van der Waals surface area contributed by atoms with Crippen LogP contribution in [0.4, 0.5) is 0 Å². The summed E-state index contributed by atoms with van der Waals surface area (Å²) >= 11 is 0. The van der Waals surface area contributed by atoms with Crippen LogP contribution in [0.5, 0.6) is 0 Å². The number of piperidine rings is 1. The van der Waals surface area contributed by atoms with E-state index in [-0.39, 0.29) is 0 Å². The van der Waals surface area contributed by atoms with E-state index in [1.807, 2.05) is 0 Å². The predicted octanol–water partition coefficient (Wildman–Crippen LogP) is 1.93. The van der Waals surface area contributed by atoms with Crippen molar-refractivity contribution in [3.63, 3.8) is 0 Å². The average Bonchev–Trinajstić information content (AvgIpc) is 2.71. The van der Waals surface area contributed by atoms with Crippen LogP contribution in [0.3, 0.4) is 0 Å². The standard InChI is InChI=1S/C12H23NO/c14-8-6-12-9-11(5-7-13-12)10-3-1-2-4-10/h10-14H,1-9H2. The molecular weight excluding hydrogens is 174 g/mol. The summed E-state index contributed by atoms with van der Waals surface area (Å²) in [5.41, 5.74) is 0. The van der Waals surface area contributed by atoms with Crippen molar-refractivity contribution >= 4 is 0 Å². The summed E-state index contributed by atoms with van der Waals surface area (Å²) in [6.07, 6.45) is 9.48. The largest absolute Gasteiger partial charge is 0.396 e. The van der Waals surface area contributed by atoms with Crippen molar-refractivity contribution < 1.29 is 5.11 Å².